The Morgan fingerprint density at radius 3 is 2.67 bits per heavy atom. The molecule has 1 heterocycles. The zero-order valence-corrected chi connectivity index (χ0v) is 9.23. The summed E-state index contributed by atoms with van der Waals surface area (Å²) < 4.78 is 5.69. The molecule has 0 saturated heterocycles. The minimum atomic E-state index is -0.146. The van der Waals surface area contributed by atoms with Crippen LogP contribution in [0.15, 0.2) is 33.3 Å². The quantitative estimate of drug-likeness (QED) is 0.878. The van der Waals surface area contributed by atoms with Crippen molar-refractivity contribution >= 4 is 15.9 Å². The van der Waals surface area contributed by atoms with E-state index in [1.54, 1.807) is 18.2 Å². The number of hydrogen-bond acceptors (Lipinski definition) is 4. The smallest absolute Gasteiger partial charge is 0.252 e. The molecular formula is C10H8BrNO3. The van der Waals surface area contributed by atoms with Crippen molar-refractivity contribution in [3.63, 3.8) is 0 Å². The van der Waals surface area contributed by atoms with Crippen LogP contribution in [0.4, 0.5) is 0 Å². The Bertz CT molecular complexity index is 481. The summed E-state index contributed by atoms with van der Waals surface area (Å²) in [4.78, 5) is 0. The molecule has 0 unspecified atom stereocenters. The second kappa shape index (κ2) is 4.04. The highest BCUT2D eigenvalue weighted by atomic mass is 79.9. The summed E-state index contributed by atoms with van der Waals surface area (Å²) in [6.07, 6.45) is 0. The Balaban J connectivity index is 2.42. The zero-order valence-electron chi connectivity index (χ0n) is 7.64. The first kappa shape index (κ1) is 10.2. The van der Waals surface area contributed by atoms with Gasteiger partial charge in [0.2, 0.25) is 0 Å². The van der Waals surface area contributed by atoms with E-state index >= 15 is 0 Å². The van der Waals surface area contributed by atoms with Crippen molar-refractivity contribution in [3.8, 4) is 17.2 Å². The molecule has 0 spiro atoms. The second-order valence-electron chi connectivity index (χ2n) is 3.01. The van der Waals surface area contributed by atoms with Gasteiger partial charge >= 0.3 is 0 Å². The Morgan fingerprint density at radius 1 is 1.33 bits per heavy atom. The Labute approximate surface area is 94.3 Å². The van der Waals surface area contributed by atoms with Gasteiger partial charge in [-0.05, 0) is 16.8 Å². The summed E-state index contributed by atoms with van der Waals surface area (Å²) in [6.45, 7) is -0.0253. The average Bonchev–Trinajstić information content (AvgIpc) is 2.65. The van der Waals surface area contributed by atoms with Gasteiger partial charge in [0.15, 0.2) is 5.76 Å². The van der Waals surface area contributed by atoms with Crippen molar-refractivity contribution in [3.05, 3.63) is 34.3 Å². The van der Waals surface area contributed by atoms with Crippen molar-refractivity contribution < 1.29 is 14.7 Å². The van der Waals surface area contributed by atoms with Crippen LogP contribution in [0.3, 0.4) is 0 Å². The summed E-state index contributed by atoms with van der Waals surface area (Å²) in [5.74, 6) is 0.338. The van der Waals surface area contributed by atoms with E-state index in [1.165, 1.54) is 6.07 Å². The molecule has 2 rings (SSSR count). The number of nitrogens with zero attached hydrogens (tertiary/aromatic N) is 1. The van der Waals surface area contributed by atoms with E-state index in [0.717, 1.165) is 15.6 Å². The fourth-order valence-corrected chi connectivity index (χ4v) is 1.73. The van der Waals surface area contributed by atoms with Gasteiger partial charge in [-0.15, -0.1) is 0 Å². The molecule has 0 radical (unpaired) electrons. The summed E-state index contributed by atoms with van der Waals surface area (Å²) in [7, 11) is 0. The monoisotopic (exact) mass is 269 g/mol. The zero-order chi connectivity index (χ0) is 10.8. The Hall–Kier alpha value is -1.33. The molecule has 0 aliphatic heterocycles. The fraction of sp³-hybridized carbons (Fsp3) is 0.100. The minimum absolute atomic E-state index is 0.0253. The first-order valence-corrected chi connectivity index (χ1v) is 5.05. The normalized spacial score (nSPS) is 10.5. The lowest BCUT2D eigenvalue weighted by Gasteiger charge is -2.01. The van der Waals surface area contributed by atoms with Gasteiger partial charge in [0.05, 0.1) is 6.61 Å². The molecule has 1 aromatic carbocycles. The molecule has 0 bridgehead atoms. The number of aromatic nitrogens is 1. The molecule has 1 aromatic heterocycles. The highest BCUT2D eigenvalue weighted by Gasteiger charge is 2.07. The van der Waals surface area contributed by atoms with Crippen LogP contribution in [0.5, 0.6) is 5.88 Å². The molecule has 78 valence electrons. The van der Waals surface area contributed by atoms with E-state index in [1.807, 2.05) is 0 Å². The van der Waals surface area contributed by atoms with E-state index in [0.29, 0.717) is 5.76 Å². The van der Waals surface area contributed by atoms with Gasteiger partial charge in [-0.3, -0.25) is 0 Å². The van der Waals surface area contributed by atoms with E-state index in [-0.39, 0.29) is 12.5 Å². The molecule has 2 N–H and O–H groups in total. The Kier molecular flexibility index (Phi) is 2.75. The second-order valence-corrected chi connectivity index (χ2v) is 3.87. The van der Waals surface area contributed by atoms with Gasteiger partial charge in [-0.1, -0.05) is 28.1 Å². The third kappa shape index (κ3) is 2.03. The van der Waals surface area contributed by atoms with Crippen molar-refractivity contribution in [1.29, 1.82) is 0 Å². The van der Waals surface area contributed by atoms with Crippen molar-refractivity contribution in [2.24, 2.45) is 0 Å². The molecule has 0 aliphatic carbocycles. The highest BCUT2D eigenvalue weighted by molar-refractivity contribution is 9.10. The van der Waals surface area contributed by atoms with Crippen LogP contribution in [0, 0.1) is 0 Å². The summed E-state index contributed by atoms with van der Waals surface area (Å²) in [5, 5.41) is 21.4. The van der Waals surface area contributed by atoms with Crippen molar-refractivity contribution in [2.45, 2.75) is 6.61 Å². The largest absolute Gasteiger partial charge is 0.491 e. The predicted molar refractivity (Wildman–Crippen MR) is 57.2 cm³/mol. The molecule has 0 saturated carbocycles. The third-order valence-electron chi connectivity index (χ3n) is 2.01. The van der Waals surface area contributed by atoms with Gasteiger partial charge in [0, 0.05) is 16.1 Å². The third-order valence-corrected chi connectivity index (χ3v) is 2.74. The van der Waals surface area contributed by atoms with Crippen LogP contribution in [0.25, 0.3) is 11.3 Å². The number of aliphatic hydroxyl groups excluding tert-OH is 1. The van der Waals surface area contributed by atoms with Gasteiger partial charge in [-0.25, -0.2) is 0 Å². The van der Waals surface area contributed by atoms with E-state index in [4.69, 9.17) is 14.7 Å². The SMILES string of the molecule is OCc1ccc(-c2cc(O)no2)cc1Br. The number of hydrogen-bond donors (Lipinski definition) is 2. The van der Waals surface area contributed by atoms with Gasteiger partial charge in [0.1, 0.15) is 0 Å². The van der Waals surface area contributed by atoms with Crippen LogP contribution in [0.2, 0.25) is 0 Å². The molecule has 0 aliphatic rings. The van der Waals surface area contributed by atoms with E-state index < -0.39 is 0 Å². The molecule has 0 fully saturated rings. The first-order valence-electron chi connectivity index (χ1n) is 4.26. The molecule has 2 aromatic rings. The molecular weight excluding hydrogens is 262 g/mol. The standard InChI is InChI=1S/C10H8BrNO3/c11-8-3-6(1-2-7(8)5-13)9-4-10(14)12-15-9/h1-4,13H,5H2,(H,12,14). The van der Waals surface area contributed by atoms with Gasteiger partial charge < -0.3 is 14.7 Å². The van der Waals surface area contributed by atoms with Crippen LogP contribution in [0.1, 0.15) is 5.56 Å². The summed E-state index contributed by atoms with van der Waals surface area (Å²) >= 11 is 3.33. The summed E-state index contributed by atoms with van der Waals surface area (Å²) in [5.41, 5.74) is 1.58. The molecule has 5 heteroatoms. The maximum Gasteiger partial charge on any atom is 0.252 e. The Morgan fingerprint density at radius 2 is 2.13 bits per heavy atom. The van der Waals surface area contributed by atoms with Crippen molar-refractivity contribution in [1.82, 2.24) is 5.16 Å². The number of aliphatic hydroxyl groups is 1. The lowest BCUT2D eigenvalue weighted by Crippen LogP contribution is -1.85. The average molecular weight is 270 g/mol. The van der Waals surface area contributed by atoms with E-state index in [9.17, 15) is 0 Å². The lowest BCUT2D eigenvalue weighted by molar-refractivity contribution is 0.281. The molecule has 4 nitrogen and oxygen atoms in total. The predicted octanol–water partition coefficient (Wildman–Crippen LogP) is 2.30. The number of aromatic hydroxyl groups is 1. The fourth-order valence-electron chi connectivity index (χ4n) is 1.23. The van der Waals surface area contributed by atoms with E-state index in [2.05, 4.69) is 21.1 Å². The maximum absolute atomic E-state index is 9.03. The maximum atomic E-state index is 9.03. The lowest BCUT2D eigenvalue weighted by atomic mass is 10.1. The topological polar surface area (TPSA) is 66.5 Å². The van der Waals surface area contributed by atoms with Gasteiger partial charge in [-0.2, -0.15) is 0 Å². The number of benzene rings is 1. The van der Waals surface area contributed by atoms with Gasteiger partial charge in [0.25, 0.3) is 5.88 Å². The minimum Gasteiger partial charge on any atom is -0.491 e. The molecule has 15 heavy (non-hydrogen) atoms. The van der Waals surface area contributed by atoms with Crippen LogP contribution < -0.4 is 0 Å². The number of rotatable bonds is 2. The van der Waals surface area contributed by atoms with Crippen LogP contribution in [-0.4, -0.2) is 15.4 Å². The van der Waals surface area contributed by atoms with Crippen molar-refractivity contribution in [2.75, 3.05) is 0 Å². The molecule has 0 atom stereocenters. The highest BCUT2D eigenvalue weighted by Crippen LogP contribution is 2.27. The first-order chi connectivity index (χ1) is 7.20. The number of halogens is 1. The van der Waals surface area contributed by atoms with Crippen LogP contribution >= 0.6 is 15.9 Å². The molecule has 0 amide bonds. The summed E-state index contributed by atoms with van der Waals surface area (Å²) in [6, 6.07) is 6.79. The van der Waals surface area contributed by atoms with Crippen LogP contribution in [-0.2, 0) is 6.61 Å².